The maximum absolute atomic E-state index is 12.3. The van der Waals surface area contributed by atoms with E-state index in [-0.39, 0.29) is 5.97 Å². The van der Waals surface area contributed by atoms with Gasteiger partial charge in [0.25, 0.3) is 0 Å². The van der Waals surface area contributed by atoms with E-state index in [4.69, 9.17) is 4.74 Å². The molecule has 0 spiro atoms. The SMILES string of the molecule is Cc1ccc2c(OC(=O)c3ccc4[nH]ccc4c3)c[nH]c2c1. The predicted octanol–water partition coefficient (Wildman–Crippen LogP) is 4.18. The predicted molar refractivity (Wildman–Crippen MR) is 86.3 cm³/mol. The van der Waals surface area contributed by atoms with Crippen molar-refractivity contribution >= 4 is 27.8 Å². The molecule has 0 unspecified atom stereocenters. The van der Waals surface area contributed by atoms with Gasteiger partial charge in [0.2, 0.25) is 0 Å². The van der Waals surface area contributed by atoms with Crippen LogP contribution in [0.4, 0.5) is 0 Å². The van der Waals surface area contributed by atoms with Gasteiger partial charge in [-0.15, -0.1) is 0 Å². The van der Waals surface area contributed by atoms with Gasteiger partial charge in [0.15, 0.2) is 5.75 Å². The van der Waals surface area contributed by atoms with Crippen molar-refractivity contribution in [2.24, 2.45) is 0 Å². The normalized spacial score (nSPS) is 11.1. The second kappa shape index (κ2) is 4.77. The van der Waals surface area contributed by atoms with Gasteiger partial charge >= 0.3 is 5.97 Å². The minimum Gasteiger partial charge on any atom is -0.421 e. The van der Waals surface area contributed by atoms with Crippen LogP contribution in [0.15, 0.2) is 54.9 Å². The Kier molecular flexibility index (Phi) is 2.76. The van der Waals surface area contributed by atoms with Crippen molar-refractivity contribution in [2.75, 3.05) is 0 Å². The second-order valence-electron chi connectivity index (χ2n) is 5.37. The zero-order valence-electron chi connectivity index (χ0n) is 12.0. The molecule has 0 atom stereocenters. The first kappa shape index (κ1) is 12.7. The van der Waals surface area contributed by atoms with Crippen molar-refractivity contribution in [3.8, 4) is 5.75 Å². The molecule has 0 amide bonds. The lowest BCUT2D eigenvalue weighted by Gasteiger charge is -2.03. The fourth-order valence-corrected chi connectivity index (χ4v) is 2.64. The molecule has 0 aliphatic heterocycles. The van der Waals surface area contributed by atoms with Crippen molar-refractivity contribution in [1.82, 2.24) is 9.97 Å². The summed E-state index contributed by atoms with van der Waals surface area (Å²) >= 11 is 0. The molecular weight excluding hydrogens is 276 g/mol. The Morgan fingerprint density at radius 3 is 2.82 bits per heavy atom. The molecule has 0 saturated heterocycles. The number of aromatic amines is 2. The lowest BCUT2D eigenvalue weighted by molar-refractivity contribution is 0.0737. The molecule has 2 heterocycles. The summed E-state index contributed by atoms with van der Waals surface area (Å²) in [6.45, 7) is 2.03. The Morgan fingerprint density at radius 1 is 1.00 bits per heavy atom. The Morgan fingerprint density at radius 2 is 1.91 bits per heavy atom. The van der Waals surface area contributed by atoms with Crippen molar-refractivity contribution in [1.29, 1.82) is 0 Å². The Bertz CT molecular complexity index is 995. The van der Waals surface area contributed by atoms with E-state index in [1.165, 1.54) is 0 Å². The Balaban J connectivity index is 1.67. The van der Waals surface area contributed by atoms with Crippen LogP contribution in [0.1, 0.15) is 15.9 Å². The number of carbonyl (C=O) groups is 1. The first-order valence-corrected chi connectivity index (χ1v) is 7.08. The van der Waals surface area contributed by atoms with Gasteiger partial charge in [-0.3, -0.25) is 0 Å². The van der Waals surface area contributed by atoms with Crippen LogP contribution >= 0.6 is 0 Å². The average Bonchev–Trinajstić information content (AvgIpc) is 3.13. The van der Waals surface area contributed by atoms with Gasteiger partial charge in [-0.05, 0) is 48.9 Å². The number of ether oxygens (including phenoxy) is 1. The molecule has 0 aliphatic rings. The monoisotopic (exact) mass is 290 g/mol. The number of hydrogen-bond donors (Lipinski definition) is 2. The lowest BCUT2D eigenvalue weighted by Crippen LogP contribution is -2.07. The molecule has 0 bridgehead atoms. The fraction of sp³-hybridized carbons (Fsp3) is 0.0556. The zero-order valence-corrected chi connectivity index (χ0v) is 12.0. The van der Waals surface area contributed by atoms with Gasteiger partial charge in [-0.2, -0.15) is 0 Å². The average molecular weight is 290 g/mol. The van der Waals surface area contributed by atoms with Crippen molar-refractivity contribution in [3.05, 3.63) is 66.0 Å². The van der Waals surface area contributed by atoms with E-state index >= 15 is 0 Å². The van der Waals surface area contributed by atoms with Gasteiger partial charge in [0.05, 0.1) is 5.56 Å². The van der Waals surface area contributed by atoms with Crippen LogP contribution in [0.2, 0.25) is 0 Å². The molecule has 108 valence electrons. The van der Waals surface area contributed by atoms with E-state index in [0.717, 1.165) is 27.4 Å². The third kappa shape index (κ3) is 2.05. The largest absolute Gasteiger partial charge is 0.421 e. The standard InChI is InChI=1S/C18H14N2O2/c1-11-2-4-14-16(8-11)20-10-17(14)22-18(21)13-3-5-15-12(9-13)6-7-19-15/h2-10,19-20H,1H3. The molecule has 2 aromatic heterocycles. The smallest absolute Gasteiger partial charge is 0.343 e. The van der Waals surface area contributed by atoms with Gasteiger partial charge in [-0.25, -0.2) is 4.79 Å². The highest BCUT2D eigenvalue weighted by Gasteiger charge is 2.13. The van der Waals surface area contributed by atoms with Gasteiger partial charge in [0.1, 0.15) is 0 Å². The fourth-order valence-electron chi connectivity index (χ4n) is 2.64. The summed E-state index contributed by atoms with van der Waals surface area (Å²) in [5.41, 5.74) is 3.65. The molecule has 0 radical (unpaired) electrons. The Labute approximate surface area is 126 Å². The van der Waals surface area contributed by atoms with Gasteiger partial charge in [0, 0.05) is 34.2 Å². The van der Waals surface area contributed by atoms with Crippen LogP contribution < -0.4 is 4.74 Å². The van der Waals surface area contributed by atoms with Crippen LogP contribution in [-0.2, 0) is 0 Å². The molecular formula is C18H14N2O2. The first-order chi connectivity index (χ1) is 10.7. The molecule has 4 aromatic rings. The number of fused-ring (bicyclic) bond motifs is 2. The first-order valence-electron chi connectivity index (χ1n) is 7.08. The number of benzene rings is 2. The number of hydrogen-bond acceptors (Lipinski definition) is 2. The summed E-state index contributed by atoms with van der Waals surface area (Å²) in [6.07, 6.45) is 3.57. The summed E-state index contributed by atoms with van der Waals surface area (Å²) in [6, 6.07) is 13.4. The number of aryl methyl sites for hydroxylation is 1. The molecule has 2 N–H and O–H groups in total. The second-order valence-corrected chi connectivity index (χ2v) is 5.37. The number of aromatic nitrogens is 2. The molecule has 0 aliphatic carbocycles. The van der Waals surface area contributed by atoms with Gasteiger partial charge in [-0.1, -0.05) is 6.07 Å². The molecule has 22 heavy (non-hydrogen) atoms. The number of carbonyl (C=O) groups excluding carboxylic acids is 1. The topological polar surface area (TPSA) is 57.9 Å². The minimum atomic E-state index is -0.357. The van der Waals surface area contributed by atoms with E-state index in [0.29, 0.717) is 11.3 Å². The third-order valence-electron chi connectivity index (χ3n) is 3.79. The van der Waals surface area contributed by atoms with E-state index < -0.39 is 0 Å². The van der Waals surface area contributed by atoms with Crippen molar-refractivity contribution in [3.63, 3.8) is 0 Å². The Hall–Kier alpha value is -3.01. The van der Waals surface area contributed by atoms with E-state index in [9.17, 15) is 4.79 Å². The van der Waals surface area contributed by atoms with Crippen LogP contribution in [-0.4, -0.2) is 15.9 Å². The molecule has 0 saturated carbocycles. The van der Waals surface area contributed by atoms with E-state index in [1.807, 2.05) is 49.5 Å². The van der Waals surface area contributed by atoms with Crippen LogP contribution in [0.5, 0.6) is 5.75 Å². The maximum Gasteiger partial charge on any atom is 0.343 e. The number of rotatable bonds is 2. The molecule has 2 aromatic carbocycles. The molecule has 0 fully saturated rings. The number of H-pyrrole nitrogens is 2. The summed E-state index contributed by atoms with van der Waals surface area (Å²) in [5.74, 6) is 0.193. The van der Waals surface area contributed by atoms with Crippen molar-refractivity contribution in [2.45, 2.75) is 6.92 Å². The van der Waals surface area contributed by atoms with E-state index in [1.54, 1.807) is 12.3 Å². The molecule has 4 nitrogen and oxygen atoms in total. The van der Waals surface area contributed by atoms with Gasteiger partial charge < -0.3 is 14.7 Å². The highest BCUT2D eigenvalue weighted by molar-refractivity contribution is 5.98. The molecule has 4 heteroatoms. The summed E-state index contributed by atoms with van der Waals surface area (Å²) in [4.78, 5) is 18.6. The van der Waals surface area contributed by atoms with Crippen molar-refractivity contribution < 1.29 is 9.53 Å². The quantitative estimate of drug-likeness (QED) is 0.544. The zero-order chi connectivity index (χ0) is 15.1. The highest BCUT2D eigenvalue weighted by Crippen LogP contribution is 2.27. The summed E-state index contributed by atoms with van der Waals surface area (Å²) in [5, 5.41) is 1.89. The van der Waals surface area contributed by atoms with Crippen LogP contribution in [0, 0.1) is 6.92 Å². The lowest BCUT2D eigenvalue weighted by atomic mass is 10.1. The maximum atomic E-state index is 12.3. The third-order valence-corrected chi connectivity index (χ3v) is 3.79. The van der Waals surface area contributed by atoms with Crippen LogP contribution in [0.25, 0.3) is 21.8 Å². The molecule has 4 rings (SSSR count). The van der Waals surface area contributed by atoms with Crippen LogP contribution in [0.3, 0.4) is 0 Å². The number of esters is 1. The van der Waals surface area contributed by atoms with E-state index in [2.05, 4.69) is 9.97 Å². The minimum absolute atomic E-state index is 0.357. The summed E-state index contributed by atoms with van der Waals surface area (Å²) in [7, 11) is 0. The number of nitrogens with one attached hydrogen (secondary N) is 2. The highest BCUT2D eigenvalue weighted by atomic mass is 16.5. The summed E-state index contributed by atoms with van der Waals surface area (Å²) < 4.78 is 5.54.